The fraction of sp³-hybridized carbons (Fsp3) is 0.333. The standard InChI is InChI=1S/C39H44BrN3O5S/c1-3-48-35-22-20-34(21-23-35)43(49(46,47)36-24-18-32(40)19-25-36)28-38(44)42(27-31-16-14-29(2)15-17-31)37(26-30-10-6-4-7-11-30)39(45)41-33-12-8-5-9-13-33/h4,6-7,10-11,14-25,33,37H,3,5,8-9,12-13,26-28H2,1-2H3,(H,41,45)/t37-/m0/s1. The molecule has 0 saturated heterocycles. The molecule has 0 radical (unpaired) electrons. The van der Waals surface area contributed by atoms with Gasteiger partial charge < -0.3 is 15.0 Å². The van der Waals surface area contributed by atoms with Crippen LogP contribution in [-0.4, -0.2) is 50.4 Å². The van der Waals surface area contributed by atoms with Crippen molar-refractivity contribution in [1.82, 2.24) is 10.2 Å². The predicted octanol–water partition coefficient (Wildman–Crippen LogP) is 7.44. The molecule has 0 aromatic heterocycles. The van der Waals surface area contributed by atoms with Gasteiger partial charge >= 0.3 is 0 Å². The molecular weight excluding hydrogens is 702 g/mol. The first-order chi connectivity index (χ1) is 23.6. The molecule has 0 bridgehead atoms. The van der Waals surface area contributed by atoms with Crippen LogP contribution >= 0.6 is 15.9 Å². The maximum absolute atomic E-state index is 14.7. The van der Waals surface area contributed by atoms with Crippen molar-refractivity contribution < 1.29 is 22.7 Å². The van der Waals surface area contributed by atoms with Crippen LogP contribution in [0.2, 0.25) is 0 Å². The van der Waals surface area contributed by atoms with Crippen molar-refractivity contribution in [1.29, 1.82) is 0 Å². The molecule has 8 nitrogen and oxygen atoms in total. The van der Waals surface area contributed by atoms with Crippen molar-refractivity contribution in [2.45, 2.75) is 75.9 Å². The normalized spacial score (nSPS) is 14.1. The van der Waals surface area contributed by atoms with Crippen LogP contribution in [0.4, 0.5) is 5.69 Å². The van der Waals surface area contributed by atoms with Crippen molar-refractivity contribution in [3.05, 3.63) is 124 Å². The molecule has 5 rings (SSSR count). The highest BCUT2D eigenvalue weighted by molar-refractivity contribution is 9.10. The van der Waals surface area contributed by atoms with Crippen LogP contribution in [0.5, 0.6) is 5.75 Å². The average Bonchev–Trinajstić information content (AvgIpc) is 3.11. The van der Waals surface area contributed by atoms with Crippen molar-refractivity contribution in [2.24, 2.45) is 0 Å². The van der Waals surface area contributed by atoms with E-state index in [1.165, 1.54) is 12.1 Å². The lowest BCUT2D eigenvalue weighted by atomic mass is 9.94. The fourth-order valence-electron chi connectivity index (χ4n) is 6.13. The summed E-state index contributed by atoms with van der Waals surface area (Å²) in [7, 11) is -4.21. The fourth-order valence-corrected chi connectivity index (χ4v) is 7.80. The smallest absolute Gasteiger partial charge is 0.264 e. The largest absolute Gasteiger partial charge is 0.494 e. The number of benzene rings is 4. The second-order valence-electron chi connectivity index (χ2n) is 12.4. The topological polar surface area (TPSA) is 96.0 Å². The number of sulfonamides is 1. The van der Waals surface area contributed by atoms with Crippen LogP contribution in [0.15, 0.2) is 112 Å². The zero-order valence-electron chi connectivity index (χ0n) is 28.1. The van der Waals surface area contributed by atoms with Gasteiger partial charge in [0.2, 0.25) is 11.8 Å². The lowest BCUT2D eigenvalue weighted by Crippen LogP contribution is -2.55. The quantitative estimate of drug-likeness (QED) is 0.145. The minimum atomic E-state index is -4.21. The first kappa shape index (κ1) is 36.1. The van der Waals surface area contributed by atoms with Crippen LogP contribution in [0.25, 0.3) is 0 Å². The van der Waals surface area contributed by atoms with E-state index >= 15 is 0 Å². The molecule has 0 aliphatic heterocycles. The summed E-state index contributed by atoms with van der Waals surface area (Å²) in [5.74, 6) is -0.142. The number of rotatable bonds is 14. The molecule has 0 spiro atoms. The van der Waals surface area contributed by atoms with E-state index in [0.29, 0.717) is 18.0 Å². The van der Waals surface area contributed by atoms with Gasteiger partial charge in [0.1, 0.15) is 18.3 Å². The Labute approximate surface area is 298 Å². The molecular formula is C39H44BrN3O5S. The van der Waals surface area contributed by atoms with Crippen LogP contribution in [0.1, 0.15) is 55.7 Å². The zero-order valence-corrected chi connectivity index (χ0v) is 30.5. The maximum atomic E-state index is 14.7. The van der Waals surface area contributed by atoms with Gasteiger partial charge in [-0.05, 0) is 86.3 Å². The number of aryl methyl sites for hydroxylation is 1. The molecule has 1 aliphatic carbocycles. The third-order valence-electron chi connectivity index (χ3n) is 8.81. The summed E-state index contributed by atoms with van der Waals surface area (Å²) in [6.45, 7) is 3.93. The third kappa shape index (κ3) is 9.73. The minimum Gasteiger partial charge on any atom is -0.494 e. The van der Waals surface area contributed by atoms with Gasteiger partial charge in [-0.1, -0.05) is 95.4 Å². The summed E-state index contributed by atoms with van der Waals surface area (Å²) in [6, 6.07) is 29.6. The van der Waals surface area contributed by atoms with Crippen molar-refractivity contribution in [2.75, 3.05) is 17.5 Å². The van der Waals surface area contributed by atoms with Crippen LogP contribution in [0, 0.1) is 6.92 Å². The monoisotopic (exact) mass is 745 g/mol. The summed E-state index contributed by atoms with van der Waals surface area (Å²) >= 11 is 3.38. The first-order valence-electron chi connectivity index (χ1n) is 16.8. The Hall–Kier alpha value is -4.15. The Morgan fingerprint density at radius 2 is 1.51 bits per heavy atom. The molecule has 1 fully saturated rings. The summed E-state index contributed by atoms with van der Waals surface area (Å²) in [6.07, 6.45) is 5.31. The second-order valence-corrected chi connectivity index (χ2v) is 15.2. The van der Waals surface area contributed by atoms with E-state index in [0.717, 1.165) is 57.6 Å². The van der Waals surface area contributed by atoms with Crippen LogP contribution in [0.3, 0.4) is 0 Å². The molecule has 1 saturated carbocycles. The van der Waals surface area contributed by atoms with Crippen molar-refractivity contribution >= 4 is 43.5 Å². The van der Waals surface area contributed by atoms with E-state index in [1.54, 1.807) is 41.3 Å². The van der Waals surface area contributed by atoms with Crippen molar-refractivity contribution in [3.63, 3.8) is 0 Å². The number of anilines is 1. The molecule has 49 heavy (non-hydrogen) atoms. The number of carbonyl (C=O) groups is 2. The zero-order chi connectivity index (χ0) is 34.8. The second kappa shape index (κ2) is 17.0. The summed E-state index contributed by atoms with van der Waals surface area (Å²) in [5.41, 5.74) is 3.12. The molecule has 2 amide bonds. The molecule has 1 aliphatic rings. The average molecular weight is 747 g/mol. The highest BCUT2D eigenvalue weighted by Gasteiger charge is 2.35. The van der Waals surface area contributed by atoms with Gasteiger partial charge in [0.25, 0.3) is 10.0 Å². The number of hydrogen-bond donors (Lipinski definition) is 1. The minimum absolute atomic E-state index is 0.0361. The number of carbonyl (C=O) groups excluding carboxylic acids is 2. The summed E-state index contributed by atoms with van der Waals surface area (Å²) in [5, 5.41) is 3.25. The van der Waals surface area contributed by atoms with Gasteiger partial charge in [-0.3, -0.25) is 13.9 Å². The van der Waals surface area contributed by atoms with E-state index in [-0.39, 0.29) is 29.8 Å². The molecule has 10 heteroatoms. The highest BCUT2D eigenvalue weighted by Crippen LogP contribution is 2.28. The molecule has 0 unspecified atom stereocenters. The number of nitrogens with zero attached hydrogens (tertiary/aromatic N) is 2. The van der Waals surface area contributed by atoms with Gasteiger partial charge in [0.05, 0.1) is 17.2 Å². The van der Waals surface area contributed by atoms with E-state index in [4.69, 9.17) is 4.74 Å². The number of nitrogens with one attached hydrogen (secondary N) is 1. The first-order valence-corrected chi connectivity index (χ1v) is 19.1. The lowest BCUT2D eigenvalue weighted by molar-refractivity contribution is -0.140. The van der Waals surface area contributed by atoms with Gasteiger partial charge in [-0.2, -0.15) is 0 Å². The highest BCUT2D eigenvalue weighted by atomic mass is 79.9. The van der Waals surface area contributed by atoms with E-state index in [2.05, 4.69) is 21.2 Å². The summed E-state index contributed by atoms with van der Waals surface area (Å²) < 4.78 is 36.0. The Balaban J connectivity index is 1.56. The van der Waals surface area contributed by atoms with Gasteiger partial charge in [-0.15, -0.1) is 0 Å². The van der Waals surface area contributed by atoms with Gasteiger partial charge in [-0.25, -0.2) is 8.42 Å². The van der Waals surface area contributed by atoms with Gasteiger partial charge in [0.15, 0.2) is 0 Å². The Kier molecular flexibility index (Phi) is 12.5. The SMILES string of the molecule is CCOc1ccc(N(CC(=O)N(Cc2ccc(C)cc2)[C@@H](Cc2ccccc2)C(=O)NC2CCCCC2)S(=O)(=O)c2ccc(Br)cc2)cc1. The number of amides is 2. The Morgan fingerprint density at radius 1 is 0.857 bits per heavy atom. The third-order valence-corrected chi connectivity index (χ3v) is 11.1. The maximum Gasteiger partial charge on any atom is 0.264 e. The molecule has 0 heterocycles. The van der Waals surface area contributed by atoms with Crippen molar-refractivity contribution in [3.8, 4) is 5.75 Å². The summed E-state index contributed by atoms with van der Waals surface area (Å²) in [4.78, 5) is 30.6. The Morgan fingerprint density at radius 3 is 2.14 bits per heavy atom. The lowest BCUT2D eigenvalue weighted by Gasteiger charge is -2.35. The molecule has 258 valence electrons. The molecule has 1 N–H and O–H groups in total. The predicted molar refractivity (Wildman–Crippen MR) is 197 cm³/mol. The molecule has 4 aromatic rings. The number of halogens is 1. The number of hydrogen-bond acceptors (Lipinski definition) is 5. The van der Waals surface area contributed by atoms with E-state index in [9.17, 15) is 18.0 Å². The van der Waals surface area contributed by atoms with E-state index in [1.807, 2.05) is 68.4 Å². The Bertz CT molecular complexity index is 1780. The van der Waals surface area contributed by atoms with Gasteiger partial charge in [0, 0.05) is 23.5 Å². The van der Waals surface area contributed by atoms with Crippen LogP contribution in [-0.2, 0) is 32.6 Å². The van der Waals surface area contributed by atoms with E-state index < -0.39 is 28.5 Å². The number of ether oxygens (including phenoxy) is 1. The van der Waals surface area contributed by atoms with Crippen LogP contribution < -0.4 is 14.4 Å². The molecule has 4 aromatic carbocycles. The molecule has 1 atom stereocenters.